The van der Waals surface area contributed by atoms with Crippen molar-refractivity contribution in [1.82, 2.24) is 20.4 Å². The summed E-state index contributed by atoms with van der Waals surface area (Å²) in [6.45, 7) is 6.99. The van der Waals surface area contributed by atoms with Gasteiger partial charge in [-0.15, -0.1) is 0 Å². The first-order valence-corrected chi connectivity index (χ1v) is 9.78. The van der Waals surface area contributed by atoms with Gasteiger partial charge in [-0.2, -0.15) is 5.10 Å². The molecule has 2 aromatic rings. The molecule has 1 amide bonds. The van der Waals surface area contributed by atoms with Crippen LogP contribution in [0.3, 0.4) is 0 Å². The van der Waals surface area contributed by atoms with Gasteiger partial charge in [0, 0.05) is 24.7 Å². The van der Waals surface area contributed by atoms with Crippen molar-refractivity contribution in [2.45, 2.75) is 51.0 Å². The summed E-state index contributed by atoms with van der Waals surface area (Å²) in [4.78, 5) is 12.6. The lowest BCUT2D eigenvalue weighted by Gasteiger charge is -2.32. The zero-order chi connectivity index (χ0) is 18.4. The van der Waals surface area contributed by atoms with Gasteiger partial charge in [-0.3, -0.25) is 9.48 Å². The van der Waals surface area contributed by atoms with Crippen molar-refractivity contribution < 1.29 is 4.79 Å². The molecule has 0 saturated carbocycles. The van der Waals surface area contributed by atoms with Gasteiger partial charge >= 0.3 is 0 Å². The van der Waals surface area contributed by atoms with E-state index >= 15 is 0 Å². The number of rotatable bonds is 7. The minimum Gasteiger partial charge on any atom is -0.350 e. The van der Waals surface area contributed by atoms with Crippen LogP contribution in [-0.2, 0) is 5.41 Å². The minimum atomic E-state index is -0.0882. The summed E-state index contributed by atoms with van der Waals surface area (Å²) in [7, 11) is 0. The topological polar surface area (TPSA) is 59.0 Å². The van der Waals surface area contributed by atoms with E-state index in [4.69, 9.17) is 0 Å². The molecule has 2 N–H and O–H groups in total. The van der Waals surface area contributed by atoms with Gasteiger partial charge in [0.05, 0.1) is 6.04 Å². The number of hydrogen-bond donors (Lipinski definition) is 2. The van der Waals surface area contributed by atoms with Crippen LogP contribution in [0.4, 0.5) is 0 Å². The average Bonchev–Trinajstić information content (AvgIpc) is 3.21. The Balaban J connectivity index is 1.66. The molecule has 0 aliphatic carbocycles. The average molecular weight is 354 g/mol. The summed E-state index contributed by atoms with van der Waals surface area (Å²) >= 11 is 0. The standard InChI is InChI=1S/C21H30N4O/c1-3-21(4-2,17-9-6-5-7-10-17)16-23-20(26)19-12-14-25(24-19)18-11-8-13-22-15-18/h5-7,9-10,12,14,18,22H,3-4,8,11,13,15-16H2,1-2H3,(H,23,26). The fraction of sp³-hybridized carbons (Fsp3) is 0.524. The number of aromatic nitrogens is 2. The van der Waals surface area contributed by atoms with Gasteiger partial charge in [-0.25, -0.2) is 0 Å². The third kappa shape index (κ3) is 3.98. The molecule has 1 aliphatic rings. The molecule has 5 nitrogen and oxygen atoms in total. The van der Waals surface area contributed by atoms with E-state index in [1.54, 1.807) is 0 Å². The molecule has 1 fully saturated rings. The zero-order valence-corrected chi connectivity index (χ0v) is 15.9. The van der Waals surface area contributed by atoms with Crippen molar-refractivity contribution in [3.8, 4) is 0 Å². The fourth-order valence-electron chi connectivity index (χ4n) is 3.86. The number of amides is 1. The number of nitrogens with zero attached hydrogens (tertiary/aromatic N) is 2. The number of carbonyl (C=O) groups excluding carboxylic acids is 1. The monoisotopic (exact) mass is 354 g/mol. The predicted octanol–water partition coefficient (Wildman–Crippen LogP) is 3.30. The van der Waals surface area contributed by atoms with Crippen LogP contribution < -0.4 is 10.6 Å². The van der Waals surface area contributed by atoms with E-state index in [2.05, 4.69) is 53.8 Å². The van der Waals surface area contributed by atoms with Crippen molar-refractivity contribution in [1.29, 1.82) is 0 Å². The summed E-state index contributed by atoms with van der Waals surface area (Å²) in [5.41, 5.74) is 1.75. The highest BCUT2D eigenvalue weighted by atomic mass is 16.1. The molecular weight excluding hydrogens is 324 g/mol. The summed E-state index contributed by atoms with van der Waals surface area (Å²) in [6.07, 6.45) is 6.15. The van der Waals surface area contributed by atoms with Gasteiger partial charge in [-0.1, -0.05) is 44.2 Å². The molecule has 0 radical (unpaired) electrons. The van der Waals surface area contributed by atoms with Crippen LogP contribution in [-0.4, -0.2) is 35.3 Å². The summed E-state index contributed by atoms with van der Waals surface area (Å²) < 4.78 is 1.94. The third-order valence-corrected chi connectivity index (χ3v) is 5.81. The second-order valence-corrected chi connectivity index (χ2v) is 7.22. The van der Waals surface area contributed by atoms with Gasteiger partial charge < -0.3 is 10.6 Å². The van der Waals surface area contributed by atoms with E-state index in [-0.39, 0.29) is 11.3 Å². The lowest BCUT2D eigenvalue weighted by atomic mass is 9.76. The molecule has 0 bridgehead atoms. The zero-order valence-electron chi connectivity index (χ0n) is 15.9. The summed E-state index contributed by atoms with van der Waals surface area (Å²) in [5, 5.41) is 11.0. The Kier molecular flexibility index (Phi) is 6.09. The van der Waals surface area contributed by atoms with Gasteiger partial charge in [0.25, 0.3) is 5.91 Å². The van der Waals surface area contributed by atoms with Crippen LogP contribution in [0, 0.1) is 0 Å². The second-order valence-electron chi connectivity index (χ2n) is 7.22. The van der Waals surface area contributed by atoms with Crippen molar-refractivity contribution in [2.24, 2.45) is 0 Å². The molecule has 140 valence electrons. The van der Waals surface area contributed by atoms with Gasteiger partial charge in [0.15, 0.2) is 0 Å². The maximum atomic E-state index is 12.6. The molecule has 2 heterocycles. The Bertz CT molecular complexity index is 700. The largest absolute Gasteiger partial charge is 0.350 e. The molecule has 5 heteroatoms. The van der Waals surface area contributed by atoms with Gasteiger partial charge in [-0.05, 0) is 43.9 Å². The van der Waals surface area contributed by atoms with E-state index < -0.39 is 0 Å². The summed E-state index contributed by atoms with van der Waals surface area (Å²) in [6, 6.07) is 12.7. The van der Waals surface area contributed by atoms with Crippen LogP contribution in [0.5, 0.6) is 0 Å². The van der Waals surface area contributed by atoms with Crippen LogP contribution in [0.25, 0.3) is 0 Å². The number of hydrogen-bond acceptors (Lipinski definition) is 3. The third-order valence-electron chi connectivity index (χ3n) is 5.81. The Morgan fingerprint density at radius 3 is 2.69 bits per heavy atom. The molecule has 1 unspecified atom stereocenters. The molecule has 3 rings (SSSR count). The van der Waals surface area contributed by atoms with Crippen LogP contribution in [0.1, 0.15) is 61.6 Å². The maximum Gasteiger partial charge on any atom is 0.271 e. The van der Waals surface area contributed by atoms with Crippen molar-refractivity contribution in [3.63, 3.8) is 0 Å². The molecule has 1 aliphatic heterocycles. The Labute approximate surface area is 156 Å². The lowest BCUT2D eigenvalue weighted by Crippen LogP contribution is -2.40. The molecule has 1 atom stereocenters. The molecule has 26 heavy (non-hydrogen) atoms. The Hall–Kier alpha value is -2.14. The Morgan fingerprint density at radius 1 is 1.27 bits per heavy atom. The first-order chi connectivity index (χ1) is 12.7. The number of nitrogens with one attached hydrogen (secondary N) is 2. The van der Waals surface area contributed by atoms with Crippen LogP contribution in [0.2, 0.25) is 0 Å². The van der Waals surface area contributed by atoms with Crippen molar-refractivity contribution in [2.75, 3.05) is 19.6 Å². The Morgan fingerprint density at radius 2 is 2.04 bits per heavy atom. The number of piperidine rings is 1. The molecule has 1 aromatic heterocycles. The molecule has 1 aromatic carbocycles. The quantitative estimate of drug-likeness (QED) is 0.802. The van der Waals surface area contributed by atoms with E-state index in [9.17, 15) is 4.79 Å². The van der Waals surface area contributed by atoms with E-state index in [0.717, 1.165) is 38.8 Å². The van der Waals surface area contributed by atoms with E-state index in [1.807, 2.05) is 23.0 Å². The lowest BCUT2D eigenvalue weighted by molar-refractivity contribution is 0.0935. The highest BCUT2D eigenvalue weighted by Crippen LogP contribution is 2.31. The van der Waals surface area contributed by atoms with Crippen LogP contribution in [0.15, 0.2) is 42.6 Å². The molecule has 0 spiro atoms. The van der Waals surface area contributed by atoms with Crippen LogP contribution >= 0.6 is 0 Å². The highest BCUT2D eigenvalue weighted by Gasteiger charge is 2.29. The SMILES string of the molecule is CCC(CC)(CNC(=O)c1ccn(C2CCCNC2)n1)c1ccccc1. The first-order valence-electron chi connectivity index (χ1n) is 9.78. The molecule has 1 saturated heterocycles. The van der Waals surface area contributed by atoms with E-state index in [0.29, 0.717) is 18.3 Å². The number of benzene rings is 1. The highest BCUT2D eigenvalue weighted by molar-refractivity contribution is 5.92. The molecular formula is C21H30N4O. The smallest absolute Gasteiger partial charge is 0.271 e. The number of carbonyl (C=O) groups is 1. The minimum absolute atomic E-state index is 0.0349. The first kappa shape index (κ1) is 18.6. The van der Waals surface area contributed by atoms with Gasteiger partial charge in [0.1, 0.15) is 5.69 Å². The van der Waals surface area contributed by atoms with Crippen molar-refractivity contribution >= 4 is 5.91 Å². The normalized spacial score (nSPS) is 17.8. The maximum absolute atomic E-state index is 12.6. The summed E-state index contributed by atoms with van der Waals surface area (Å²) in [5.74, 6) is -0.0882. The predicted molar refractivity (Wildman–Crippen MR) is 104 cm³/mol. The van der Waals surface area contributed by atoms with Gasteiger partial charge in [0.2, 0.25) is 0 Å². The van der Waals surface area contributed by atoms with E-state index in [1.165, 1.54) is 5.56 Å². The second kappa shape index (κ2) is 8.49. The fourth-order valence-corrected chi connectivity index (χ4v) is 3.86. The van der Waals surface area contributed by atoms with Crippen molar-refractivity contribution in [3.05, 3.63) is 53.9 Å².